The van der Waals surface area contributed by atoms with E-state index in [1.54, 1.807) is 12.1 Å². The first kappa shape index (κ1) is 18.6. The van der Waals surface area contributed by atoms with E-state index in [0.717, 1.165) is 5.75 Å². The quantitative estimate of drug-likeness (QED) is 0.719. The molecule has 0 spiro atoms. The first-order chi connectivity index (χ1) is 11.5. The van der Waals surface area contributed by atoms with E-state index >= 15 is 0 Å². The monoisotopic (exact) mass is 388 g/mol. The normalized spacial score (nSPS) is 10.3. The van der Waals surface area contributed by atoms with E-state index < -0.39 is 5.91 Å². The van der Waals surface area contributed by atoms with Crippen LogP contribution in [0.1, 0.15) is 17.4 Å². The molecule has 0 aliphatic heterocycles. The highest BCUT2D eigenvalue weighted by Crippen LogP contribution is 2.30. The second kappa shape index (κ2) is 8.97. The third kappa shape index (κ3) is 4.90. The molecule has 0 aliphatic rings. The molecule has 24 heavy (non-hydrogen) atoms. The minimum absolute atomic E-state index is 0.0205. The molecule has 0 saturated heterocycles. The van der Waals surface area contributed by atoms with Crippen LogP contribution in [-0.4, -0.2) is 30.6 Å². The second-order valence-electron chi connectivity index (χ2n) is 4.59. The first-order valence-corrected chi connectivity index (χ1v) is 8.29. The van der Waals surface area contributed by atoms with Crippen LogP contribution in [0.15, 0.2) is 30.5 Å². The number of rotatable bonds is 7. The lowest BCUT2D eigenvalue weighted by atomic mass is 10.3. The van der Waals surface area contributed by atoms with Crippen LogP contribution in [-0.2, 0) is 0 Å². The van der Waals surface area contributed by atoms with Gasteiger partial charge >= 0.3 is 0 Å². The Bertz CT molecular complexity index is 708. The van der Waals surface area contributed by atoms with Crippen LogP contribution in [0.5, 0.6) is 11.5 Å². The number of nitrogens with zero attached hydrogens (tertiary/aromatic N) is 1. The number of benzene rings is 1. The molecule has 2 rings (SSSR count). The van der Waals surface area contributed by atoms with E-state index in [9.17, 15) is 4.79 Å². The molecule has 5 nitrogen and oxygen atoms in total. The van der Waals surface area contributed by atoms with E-state index in [0.29, 0.717) is 19.0 Å². The maximum absolute atomic E-state index is 12.0. The number of amides is 1. The summed E-state index contributed by atoms with van der Waals surface area (Å²) < 4.78 is 10.9. The Hall–Kier alpha value is -1.69. The standard InChI is InChI=1S/C16H15Cl3N2O3/c1-2-23-10-3-5-11(6-4-10)24-8-7-20-16(22)15-14(19)13(18)12(17)9-21-15/h3-6,9H,2,7-8H2,1H3,(H,20,22). The molecule has 8 heteroatoms. The number of nitrogens with one attached hydrogen (secondary N) is 1. The Kier molecular flexibility index (Phi) is 6.97. The lowest BCUT2D eigenvalue weighted by molar-refractivity contribution is 0.0942. The van der Waals surface area contributed by atoms with Crippen molar-refractivity contribution >= 4 is 40.7 Å². The molecule has 1 aromatic heterocycles. The Balaban J connectivity index is 1.82. The Morgan fingerprint density at radius 1 is 1.08 bits per heavy atom. The number of hydrogen-bond donors (Lipinski definition) is 1. The number of pyridine rings is 1. The Morgan fingerprint density at radius 3 is 2.33 bits per heavy atom. The lowest BCUT2D eigenvalue weighted by Gasteiger charge is -2.09. The molecule has 1 aromatic carbocycles. The van der Waals surface area contributed by atoms with Gasteiger partial charge in [-0.25, -0.2) is 4.98 Å². The SMILES string of the molecule is CCOc1ccc(OCCNC(=O)c2ncc(Cl)c(Cl)c2Cl)cc1. The zero-order chi connectivity index (χ0) is 17.5. The van der Waals surface area contributed by atoms with Gasteiger partial charge in [0, 0.05) is 6.20 Å². The zero-order valence-electron chi connectivity index (χ0n) is 12.8. The van der Waals surface area contributed by atoms with Gasteiger partial charge in [0.2, 0.25) is 0 Å². The second-order valence-corrected chi connectivity index (χ2v) is 5.75. The molecule has 0 saturated carbocycles. The molecule has 1 heterocycles. The highest BCUT2D eigenvalue weighted by molar-refractivity contribution is 6.48. The summed E-state index contributed by atoms with van der Waals surface area (Å²) in [6.07, 6.45) is 1.28. The lowest BCUT2D eigenvalue weighted by Crippen LogP contribution is -2.29. The van der Waals surface area contributed by atoms with Crippen LogP contribution in [0.2, 0.25) is 15.1 Å². The van der Waals surface area contributed by atoms with Crippen LogP contribution in [0.3, 0.4) is 0 Å². The van der Waals surface area contributed by atoms with Crippen molar-refractivity contribution in [3.8, 4) is 11.5 Å². The van der Waals surface area contributed by atoms with Crippen molar-refractivity contribution in [3.05, 3.63) is 51.2 Å². The van der Waals surface area contributed by atoms with Gasteiger partial charge < -0.3 is 14.8 Å². The molecule has 2 aromatic rings. The van der Waals surface area contributed by atoms with Gasteiger partial charge in [0.1, 0.15) is 23.8 Å². The van der Waals surface area contributed by atoms with E-state index in [4.69, 9.17) is 44.3 Å². The molecule has 128 valence electrons. The number of halogens is 3. The van der Waals surface area contributed by atoms with Crippen molar-refractivity contribution in [2.24, 2.45) is 0 Å². The summed E-state index contributed by atoms with van der Waals surface area (Å²) in [5, 5.41) is 2.97. The van der Waals surface area contributed by atoms with Crippen molar-refractivity contribution < 1.29 is 14.3 Å². The predicted octanol–water partition coefficient (Wildman–Crippen LogP) is 4.25. The number of carbonyl (C=O) groups is 1. The number of aromatic nitrogens is 1. The van der Waals surface area contributed by atoms with Gasteiger partial charge in [-0.15, -0.1) is 0 Å². The van der Waals surface area contributed by atoms with Crippen LogP contribution >= 0.6 is 34.8 Å². The summed E-state index contributed by atoms with van der Waals surface area (Å²) >= 11 is 17.6. The zero-order valence-corrected chi connectivity index (χ0v) is 15.1. The van der Waals surface area contributed by atoms with Crippen molar-refractivity contribution in [1.29, 1.82) is 0 Å². The van der Waals surface area contributed by atoms with Gasteiger partial charge in [-0.3, -0.25) is 4.79 Å². The first-order valence-electron chi connectivity index (χ1n) is 7.16. The van der Waals surface area contributed by atoms with Crippen LogP contribution in [0.4, 0.5) is 0 Å². The van der Waals surface area contributed by atoms with Gasteiger partial charge in [0.05, 0.1) is 28.2 Å². The van der Waals surface area contributed by atoms with Crippen LogP contribution in [0.25, 0.3) is 0 Å². The number of hydrogen-bond acceptors (Lipinski definition) is 4. The molecule has 0 atom stereocenters. The largest absolute Gasteiger partial charge is 0.494 e. The van der Waals surface area contributed by atoms with Gasteiger partial charge in [-0.1, -0.05) is 34.8 Å². The molecule has 0 radical (unpaired) electrons. The molecule has 1 amide bonds. The summed E-state index contributed by atoms with van der Waals surface area (Å²) in [6, 6.07) is 7.22. The van der Waals surface area contributed by atoms with Crippen molar-refractivity contribution in [2.45, 2.75) is 6.92 Å². The molecule has 0 bridgehead atoms. The summed E-state index contributed by atoms with van der Waals surface area (Å²) in [5.74, 6) is 1.01. The highest BCUT2D eigenvalue weighted by atomic mass is 35.5. The van der Waals surface area contributed by atoms with Crippen molar-refractivity contribution in [3.63, 3.8) is 0 Å². The smallest absolute Gasteiger partial charge is 0.271 e. The Morgan fingerprint density at radius 2 is 1.71 bits per heavy atom. The van der Waals surface area contributed by atoms with Crippen LogP contribution < -0.4 is 14.8 Å². The Labute approximate surface area is 154 Å². The molecule has 0 fully saturated rings. The molecule has 1 N–H and O–H groups in total. The van der Waals surface area contributed by atoms with Gasteiger partial charge in [0.15, 0.2) is 0 Å². The summed E-state index contributed by atoms with van der Waals surface area (Å²) in [6.45, 7) is 3.10. The average molecular weight is 390 g/mol. The van der Waals surface area contributed by atoms with E-state index in [2.05, 4.69) is 10.3 Å². The number of carbonyl (C=O) groups excluding carboxylic acids is 1. The maximum Gasteiger partial charge on any atom is 0.271 e. The fourth-order valence-corrected chi connectivity index (χ4v) is 2.38. The summed E-state index contributed by atoms with van der Waals surface area (Å²) in [4.78, 5) is 15.9. The minimum atomic E-state index is -0.450. The van der Waals surface area contributed by atoms with E-state index in [1.165, 1.54) is 6.20 Å². The minimum Gasteiger partial charge on any atom is -0.494 e. The fourth-order valence-electron chi connectivity index (χ4n) is 1.82. The highest BCUT2D eigenvalue weighted by Gasteiger charge is 2.16. The molecule has 0 unspecified atom stereocenters. The molecular weight excluding hydrogens is 375 g/mol. The maximum atomic E-state index is 12.0. The van der Waals surface area contributed by atoms with Gasteiger partial charge in [-0.2, -0.15) is 0 Å². The third-order valence-electron chi connectivity index (χ3n) is 2.92. The molecule has 0 aliphatic carbocycles. The summed E-state index contributed by atoms with van der Waals surface area (Å²) in [7, 11) is 0. The predicted molar refractivity (Wildman–Crippen MR) is 94.7 cm³/mol. The topological polar surface area (TPSA) is 60.5 Å². The van der Waals surface area contributed by atoms with Crippen molar-refractivity contribution in [1.82, 2.24) is 10.3 Å². The number of ether oxygens (including phenoxy) is 2. The molecular formula is C16H15Cl3N2O3. The van der Waals surface area contributed by atoms with E-state index in [-0.39, 0.29) is 27.3 Å². The summed E-state index contributed by atoms with van der Waals surface area (Å²) in [5.41, 5.74) is 0.0205. The van der Waals surface area contributed by atoms with Crippen LogP contribution in [0, 0.1) is 0 Å². The average Bonchev–Trinajstić information content (AvgIpc) is 2.58. The van der Waals surface area contributed by atoms with E-state index in [1.807, 2.05) is 19.1 Å². The van der Waals surface area contributed by atoms with Crippen molar-refractivity contribution in [2.75, 3.05) is 19.8 Å². The van der Waals surface area contributed by atoms with Gasteiger partial charge in [0.25, 0.3) is 5.91 Å². The third-order valence-corrected chi connectivity index (χ3v) is 4.16. The fraction of sp³-hybridized carbons (Fsp3) is 0.250. The van der Waals surface area contributed by atoms with Gasteiger partial charge in [-0.05, 0) is 31.2 Å².